The largest absolute Gasteiger partial charge is 1.00 e. The Morgan fingerprint density at radius 1 is 0.531 bits per heavy atom. The summed E-state index contributed by atoms with van der Waals surface area (Å²) in [6.45, 7) is 18.2. The first-order valence-electron chi connectivity index (χ1n) is 26.6. The molecule has 0 spiro atoms. The van der Waals surface area contributed by atoms with Crippen LogP contribution in [0.15, 0.2) is 81.4 Å². The monoisotopic (exact) mass is 1280 g/mol. The fourth-order valence-corrected chi connectivity index (χ4v) is 16.6. The van der Waals surface area contributed by atoms with E-state index in [4.69, 9.17) is 78.0 Å². The third kappa shape index (κ3) is 15.5. The van der Waals surface area contributed by atoms with Crippen molar-refractivity contribution in [3.05, 3.63) is 86.3 Å². The van der Waals surface area contributed by atoms with E-state index in [2.05, 4.69) is 35.7 Å². The summed E-state index contributed by atoms with van der Waals surface area (Å²) in [5, 5.41) is 39.8. The van der Waals surface area contributed by atoms with Crippen LogP contribution in [0.5, 0.6) is 5.75 Å². The maximum Gasteiger partial charge on any atom is 1.00 e. The summed E-state index contributed by atoms with van der Waals surface area (Å²) in [5.74, 6) is 1.33. The molecule has 10 rings (SSSR count). The normalized spacial score (nSPS) is 21.0. The predicted octanol–water partition coefficient (Wildman–Crippen LogP) is 11.4. The Bertz CT molecular complexity index is 3580. The number of anilines is 1. The van der Waals surface area contributed by atoms with Crippen molar-refractivity contribution >= 4 is 129 Å². The number of oxazole rings is 3. The summed E-state index contributed by atoms with van der Waals surface area (Å²) in [5.41, 5.74) is 8.48. The Morgan fingerprint density at radius 3 is 1.38 bits per heavy atom. The fraction of sp³-hybridized carbons (Fsp3) is 0.526. The topological polar surface area (TPSA) is 253 Å². The second-order valence-corrected chi connectivity index (χ2v) is 31.2. The number of aromatic hydroxyl groups is 1. The molecule has 0 radical (unpaired) electrons. The van der Waals surface area contributed by atoms with E-state index < -0.39 is 48.1 Å². The van der Waals surface area contributed by atoms with E-state index in [9.17, 15) is 37.3 Å². The molecule has 7 aromatic rings. The minimum Gasteiger partial charge on any atom is -0.775 e. The molecule has 1 unspecified atom stereocenters. The van der Waals surface area contributed by atoms with Crippen LogP contribution in [0.25, 0.3) is 33.3 Å². The number of benzene rings is 4. The Labute approximate surface area is 526 Å². The molecular formula is C57H71Cl4N4NaO11S4. The van der Waals surface area contributed by atoms with Crippen molar-refractivity contribution in [1.29, 1.82) is 0 Å². The Balaban J connectivity index is 0.000000175. The van der Waals surface area contributed by atoms with Crippen molar-refractivity contribution in [2.75, 3.05) is 5.73 Å². The number of hydrogen-bond donors (Lipinski definition) is 5. The number of phenols is 1. The van der Waals surface area contributed by atoms with Gasteiger partial charge in [0.15, 0.2) is 36.6 Å². The molecule has 81 heavy (non-hydrogen) atoms. The van der Waals surface area contributed by atoms with Gasteiger partial charge in [-0.3, -0.25) is 0 Å². The second kappa shape index (κ2) is 27.0. The minimum absolute atomic E-state index is 0. The van der Waals surface area contributed by atoms with Crippen molar-refractivity contribution in [3.63, 3.8) is 0 Å². The number of thioether (sulfide) groups is 1. The molecule has 4 aromatic carbocycles. The van der Waals surface area contributed by atoms with Gasteiger partial charge in [0.05, 0.1) is 54.5 Å². The first-order chi connectivity index (χ1) is 37.2. The Hall–Kier alpha value is -2.60. The molecule has 6 atom stereocenters. The standard InChI is InChI=1S/C17H22ClNO4S.C17H22ClNO2S.C12H16ClNO4S.C11H12ClNOS.Na/c1-17(2,3)16-19-11-9-8-10(18)15(14(11)23-16)24(21,22)13-7-5-4-6-12(13)20;1-17(2,3)16-19-11-9-8-10(18)15(14(11)21-16)22-13-7-5-4-6-12(13)20;13-7-5-6-8(14)11(16)12(7)19(17,18)10-4-2-1-3-9(10)15;1-11(2,3)10-13-7-5-4-6(12)9(15)8(7)14-10;/h8-9,12-13,20H,4-7H2,1-3H3;8-9,12-13,20H,4-7H2,1-3H3;5-6,9-10,15-16H,1-4,14H2;4-5,15H,1-3H3;/q;;;;+1/p-1/t2*12-,13-;9-,10?;;/m111../s1. The van der Waals surface area contributed by atoms with Gasteiger partial charge in [-0.05, 0) is 87.1 Å². The molecule has 0 saturated heterocycles. The van der Waals surface area contributed by atoms with Crippen LogP contribution in [0, 0.1) is 0 Å². The zero-order chi connectivity index (χ0) is 59.0. The molecular weight excluding hydrogens is 1210 g/mol. The van der Waals surface area contributed by atoms with Gasteiger partial charge in [0.25, 0.3) is 0 Å². The summed E-state index contributed by atoms with van der Waals surface area (Å²) in [6.07, 6.45) is 6.90. The van der Waals surface area contributed by atoms with Crippen LogP contribution < -0.4 is 35.3 Å². The smallest absolute Gasteiger partial charge is 0.775 e. The minimum atomic E-state index is -3.91. The van der Waals surface area contributed by atoms with E-state index >= 15 is 0 Å². The molecule has 3 heterocycles. The average molecular weight is 1280 g/mol. The SMILES string of the molecule is CC(C)(C)c1nc2ccc(Cl)c(S(=O)(=O)[C@@H]3CCCC[C@H]3O)c2o1.CC(C)(C)c1nc2ccc(Cl)c(S[C@@H]3CCCC[C@H]3O)c2o1.CC(C)(C)c1nc2ccc(Cl)c([S-])c2o1.Nc1ccc(Cl)c(S(=O)(=O)C2CCCC[C@H]2O)c1O.[Na+]. The molecule has 3 fully saturated rings. The van der Waals surface area contributed by atoms with Crippen LogP contribution in [0.3, 0.4) is 0 Å². The first kappa shape index (κ1) is 67.5. The summed E-state index contributed by atoms with van der Waals surface area (Å²) < 4.78 is 68.8. The van der Waals surface area contributed by atoms with Crippen molar-refractivity contribution < 1.29 is 80.1 Å². The molecule has 0 aliphatic heterocycles. The van der Waals surface area contributed by atoms with E-state index in [1.807, 2.05) is 59.7 Å². The third-order valence-electron chi connectivity index (χ3n) is 14.1. The molecule has 3 aliphatic rings. The number of hydrogen-bond acceptors (Lipinski definition) is 17. The second-order valence-electron chi connectivity index (χ2n) is 23.7. The van der Waals surface area contributed by atoms with Gasteiger partial charge >= 0.3 is 29.6 Å². The van der Waals surface area contributed by atoms with Crippen LogP contribution >= 0.6 is 58.2 Å². The van der Waals surface area contributed by atoms with Gasteiger partial charge in [-0.25, -0.2) is 31.8 Å². The van der Waals surface area contributed by atoms with Crippen LogP contribution in [0.1, 0.15) is 157 Å². The number of phenolic OH excluding ortho intramolecular Hbond substituents is 1. The van der Waals surface area contributed by atoms with Crippen molar-refractivity contribution in [2.24, 2.45) is 0 Å². The average Bonchev–Trinajstić information content (AvgIpc) is 4.29. The molecule has 3 aromatic heterocycles. The first-order valence-corrected chi connectivity index (χ1v) is 32.5. The number of halogens is 4. The summed E-state index contributed by atoms with van der Waals surface area (Å²) in [6, 6.07) is 13.2. The predicted molar refractivity (Wildman–Crippen MR) is 321 cm³/mol. The van der Waals surface area contributed by atoms with E-state index in [-0.39, 0.29) is 88.3 Å². The van der Waals surface area contributed by atoms with Gasteiger partial charge in [-0.15, -0.1) is 16.7 Å². The van der Waals surface area contributed by atoms with E-state index in [1.165, 1.54) is 18.2 Å². The summed E-state index contributed by atoms with van der Waals surface area (Å²) >= 11 is 31.2. The number of aromatic nitrogens is 3. The Kier molecular flexibility index (Phi) is 22.5. The molecule has 3 aliphatic carbocycles. The van der Waals surface area contributed by atoms with E-state index in [1.54, 1.807) is 23.9 Å². The van der Waals surface area contributed by atoms with Gasteiger partial charge in [0, 0.05) is 26.5 Å². The quantitative estimate of drug-likeness (QED) is 0.0449. The molecule has 15 nitrogen and oxygen atoms in total. The van der Waals surface area contributed by atoms with E-state index in [0.29, 0.717) is 63.5 Å². The van der Waals surface area contributed by atoms with Gasteiger partial charge in [-0.2, -0.15) is 0 Å². The summed E-state index contributed by atoms with van der Waals surface area (Å²) in [4.78, 5) is 14.4. The maximum absolute atomic E-state index is 13.2. The third-order valence-corrected chi connectivity index (χ3v) is 22.3. The van der Waals surface area contributed by atoms with Crippen LogP contribution in [0.2, 0.25) is 20.1 Å². The zero-order valence-electron chi connectivity index (χ0n) is 47.3. The number of fused-ring (bicyclic) bond motifs is 3. The number of nitrogens with two attached hydrogens (primary N) is 1. The summed E-state index contributed by atoms with van der Waals surface area (Å²) in [7, 11) is -7.72. The molecule has 0 amide bonds. The molecule has 438 valence electrons. The zero-order valence-corrected chi connectivity index (χ0v) is 55.6. The van der Waals surface area contributed by atoms with Gasteiger partial charge in [-0.1, -0.05) is 147 Å². The van der Waals surface area contributed by atoms with Gasteiger partial charge < -0.3 is 52.0 Å². The van der Waals surface area contributed by atoms with Crippen molar-refractivity contribution in [1.82, 2.24) is 15.0 Å². The van der Waals surface area contributed by atoms with Crippen LogP contribution in [-0.2, 0) is 48.5 Å². The molecule has 6 N–H and O–H groups in total. The van der Waals surface area contributed by atoms with Crippen LogP contribution in [-0.4, -0.2) is 86.3 Å². The number of nitrogen functional groups attached to an aromatic ring is 1. The molecule has 24 heteroatoms. The van der Waals surface area contributed by atoms with Gasteiger partial charge in [0.2, 0.25) is 17.7 Å². The van der Waals surface area contributed by atoms with Gasteiger partial charge in [0.1, 0.15) is 31.9 Å². The molecule has 3 saturated carbocycles. The number of aliphatic hydroxyl groups excluding tert-OH is 3. The fourth-order valence-electron chi connectivity index (χ4n) is 9.55. The Morgan fingerprint density at radius 2 is 0.901 bits per heavy atom. The number of nitrogens with zero attached hydrogens (tertiary/aromatic N) is 3. The number of aliphatic hydroxyl groups is 3. The van der Waals surface area contributed by atoms with Crippen LogP contribution in [0.4, 0.5) is 5.69 Å². The maximum atomic E-state index is 13.2. The van der Waals surface area contributed by atoms with Crippen molar-refractivity contribution in [3.8, 4) is 5.75 Å². The molecule has 0 bridgehead atoms. The number of rotatable bonds is 6. The number of sulfone groups is 2. The van der Waals surface area contributed by atoms with E-state index in [0.717, 1.165) is 78.8 Å². The van der Waals surface area contributed by atoms with Crippen molar-refractivity contribution in [2.45, 2.75) is 209 Å².